The molecule has 2 heterocycles. The predicted octanol–water partition coefficient (Wildman–Crippen LogP) is 4.48. The second-order valence-corrected chi connectivity index (χ2v) is 13.4. The molecule has 2 amide bonds. The maximum absolute atomic E-state index is 13.8. The van der Waals surface area contributed by atoms with Crippen molar-refractivity contribution in [3.8, 4) is 0 Å². The number of sulfonamides is 1. The number of aromatic nitrogens is 2. The van der Waals surface area contributed by atoms with Crippen LogP contribution in [-0.2, 0) is 33.2 Å². The molecule has 0 saturated carbocycles. The lowest BCUT2D eigenvalue weighted by molar-refractivity contribution is -0.134. The van der Waals surface area contributed by atoms with Gasteiger partial charge in [0.05, 0.1) is 23.4 Å². The molecule has 11 heteroatoms. The quantitative estimate of drug-likeness (QED) is 0.262. The summed E-state index contributed by atoms with van der Waals surface area (Å²) < 4.78 is 36.8. The van der Waals surface area contributed by atoms with Crippen molar-refractivity contribution in [3.63, 3.8) is 0 Å². The van der Waals surface area contributed by atoms with Crippen molar-refractivity contribution in [2.24, 2.45) is 18.9 Å². The summed E-state index contributed by atoms with van der Waals surface area (Å²) in [4.78, 5) is 29.7. The van der Waals surface area contributed by atoms with Crippen LogP contribution in [0.25, 0.3) is 11.0 Å². The van der Waals surface area contributed by atoms with Gasteiger partial charge in [0.25, 0.3) is 0 Å². The van der Waals surface area contributed by atoms with Crippen LogP contribution >= 0.6 is 0 Å². The summed E-state index contributed by atoms with van der Waals surface area (Å²) in [6.07, 6.45) is 3.00. The summed E-state index contributed by atoms with van der Waals surface area (Å²) in [5.41, 5.74) is 2.41. The molecule has 1 unspecified atom stereocenters. The Bertz CT molecular complexity index is 1400. The molecule has 0 aliphatic rings. The lowest BCUT2D eigenvalue weighted by atomic mass is 10.1. The Labute approximate surface area is 244 Å². The summed E-state index contributed by atoms with van der Waals surface area (Å²) in [7, 11) is -2.12. The van der Waals surface area contributed by atoms with Gasteiger partial charge in [-0.1, -0.05) is 27.7 Å². The number of furan rings is 1. The third-order valence-electron chi connectivity index (χ3n) is 6.95. The number of carbonyl (C=O) groups excluding carboxylic acids is 2. The second kappa shape index (κ2) is 14.1. The van der Waals surface area contributed by atoms with E-state index < -0.39 is 16.1 Å². The molecule has 0 aliphatic heterocycles. The number of unbranched alkanes of at least 4 members (excludes halogenated alkanes) is 1. The number of hydrogen-bond donors (Lipinski definition) is 1. The monoisotopic (exact) mass is 587 g/mol. The number of nitrogens with zero attached hydrogens (tertiary/aromatic N) is 4. The standard InChI is InChI=1S/C30H45N5O5S/c1-21(2)18-35(19-22(3)4)30(37)28(32-41(38,39)27-11-12-29-25(17-27)13-15-40-29)10-8-9-14-34(24(6)36)20-26-16-23(5)33(7)31-26/h11-13,15-17,21-22,28,32H,8-10,14,18-20H2,1-7H3. The van der Waals surface area contributed by atoms with Crippen molar-refractivity contribution in [2.75, 3.05) is 19.6 Å². The number of fused-ring (bicyclic) bond motifs is 1. The number of nitrogens with one attached hydrogen (secondary N) is 1. The molecule has 0 spiro atoms. The first-order chi connectivity index (χ1) is 19.3. The number of benzene rings is 1. The van der Waals surface area contributed by atoms with Gasteiger partial charge in [0.1, 0.15) is 11.6 Å². The van der Waals surface area contributed by atoms with Crippen molar-refractivity contribution >= 4 is 32.8 Å². The fourth-order valence-electron chi connectivity index (χ4n) is 4.86. The zero-order valence-corrected chi connectivity index (χ0v) is 26.2. The molecule has 0 saturated heterocycles. The van der Waals surface area contributed by atoms with E-state index in [2.05, 4.69) is 9.82 Å². The molecular formula is C30H45N5O5S. The topological polar surface area (TPSA) is 118 Å². The SMILES string of the molecule is CC(=O)N(CCCCC(NS(=O)(=O)c1ccc2occc2c1)C(=O)N(CC(C)C)CC(C)C)Cc1cc(C)n(C)n1. The molecule has 0 bridgehead atoms. The molecule has 0 radical (unpaired) electrons. The summed E-state index contributed by atoms with van der Waals surface area (Å²) >= 11 is 0. The van der Waals surface area contributed by atoms with Gasteiger partial charge in [0.15, 0.2) is 0 Å². The average Bonchev–Trinajstić information content (AvgIpc) is 3.48. The zero-order chi connectivity index (χ0) is 30.3. The minimum absolute atomic E-state index is 0.0590. The highest BCUT2D eigenvalue weighted by molar-refractivity contribution is 7.89. The first-order valence-electron chi connectivity index (χ1n) is 14.3. The molecule has 1 N–H and O–H groups in total. The number of hydrogen-bond acceptors (Lipinski definition) is 6. The van der Waals surface area contributed by atoms with Gasteiger partial charge in [-0.3, -0.25) is 14.3 Å². The van der Waals surface area contributed by atoms with Crippen LogP contribution < -0.4 is 4.72 Å². The molecule has 0 fully saturated rings. The summed E-state index contributed by atoms with van der Waals surface area (Å²) in [6.45, 7) is 13.6. The van der Waals surface area contributed by atoms with E-state index in [-0.39, 0.29) is 28.5 Å². The largest absolute Gasteiger partial charge is 0.464 e. The van der Waals surface area contributed by atoms with E-state index in [4.69, 9.17) is 4.42 Å². The third-order valence-corrected chi connectivity index (χ3v) is 8.42. The number of rotatable bonds is 15. The van der Waals surface area contributed by atoms with Gasteiger partial charge in [0.2, 0.25) is 21.8 Å². The average molecular weight is 588 g/mol. The fourth-order valence-corrected chi connectivity index (χ4v) is 6.12. The van der Waals surface area contributed by atoms with Crippen LogP contribution in [0.4, 0.5) is 0 Å². The molecule has 0 aliphatic carbocycles. The third kappa shape index (κ3) is 9.16. The molecule has 3 rings (SSSR count). The Morgan fingerprint density at radius 3 is 2.29 bits per heavy atom. The summed E-state index contributed by atoms with van der Waals surface area (Å²) in [6, 6.07) is 7.38. The van der Waals surface area contributed by atoms with Crippen LogP contribution in [-0.4, -0.2) is 65.5 Å². The highest BCUT2D eigenvalue weighted by Crippen LogP contribution is 2.21. The number of amides is 2. The van der Waals surface area contributed by atoms with Gasteiger partial charge in [0, 0.05) is 44.7 Å². The van der Waals surface area contributed by atoms with Crippen LogP contribution in [0.15, 0.2) is 45.9 Å². The van der Waals surface area contributed by atoms with Gasteiger partial charge < -0.3 is 14.2 Å². The molecule has 1 aromatic carbocycles. The van der Waals surface area contributed by atoms with Crippen molar-refractivity contribution in [1.82, 2.24) is 24.3 Å². The van der Waals surface area contributed by atoms with Gasteiger partial charge in [-0.05, 0) is 68.4 Å². The van der Waals surface area contributed by atoms with E-state index in [1.807, 2.05) is 47.7 Å². The molecule has 1 atom stereocenters. The van der Waals surface area contributed by atoms with E-state index in [1.165, 1.54) is 19.3 Å². The Morgan fingerprint density at radius 2 is 1.71 bits per heavy atom. The summed E-state index contributed by atoms with van der Waals surface area (Å²) in [5, 5.41) is 5.12. The lowest BCUT2D eigenvalue weighted by Gasteiger charge is -2.30. The van der Waals surface area contributed by atoms with Crippen molar-refractivity contribution < 1.29 is 22.4 Å². The maximum Gasteiger partial charge on any atom is 0.241 e. The van der Waals surface area contributed by atoms with E-state index in [9.17, 15) is 18.0 Å². The van der Waals surface area contributed by atoms with E-state index in [0.29, 0.717) is 56.4 Å². The van der Waals surface area contributed by atoms with Crippen LogP contribution in [0.1, 0.15) is 65.3 Å². The van der Waals surface area contributed by atoms with Gasteiger partial charge >= 0.3 is 0 Å². The molecule has 10 nitrogen and oxygen atoms in total. The predicted molar refractivity (Wildman–Crippen MR) is 159 cm³/mol. The highest BCUT2D eigenvalue weighted by atomic mass is 32.2. The molecule has 226 valence electrons. The Balaban J connectivity index is 1.75. The van der Waals surface area contributed by atoms with Crippen LogP contribution in [0.3, 0.4) is 0 Å². The maximum atomic E-state index is 13.8. The zero-order valence-electron chi connectivity index (χ0n) is 25.4. The lowest BCUT2D eigenvalue weighted by Crippen LogP contribution is -2.50. The second-order valence-electron chi connectivity index (χ2n) is 11.7. The highest BCUT2D eigenvalue weighted by Gasteiger charge is 2.30. The first-order valence-corrected chi connectivity index (χ1v) is 15.8. The minimum Gasteiger partial charge on any atom is -0.464 e. The molecular weight excluding hydrogens is 542 g/mol. The first kappa shape index (κ1) is 32.3. The Morgan fingerprint density at radius 1 is 1.02 bits per heavy atom. The fraction of sp³-hybridized carbons (Fsp3) is 0.567. The van der Waals surface area contributed by atoms with Crippen LogP contribution in [0.2, 0.25) is 0 Å². The minimum atomic E-state index is -3.99. The number of carbonyl (C=O) groups is 2. The van der Waals surface area contributed by atoms with Gasteiger partial charge in [-0.15, -0.1) is 0 Å². The van der Waals surface area contributed by atoms with Gasteiger partial charge in [-0.25, -0.2) is 8.42 Å². The molecule has 2 aromatic heterocycles. The van der Waals surface area contributed by atoms with E-state index >= 15 is 0 Å². The summed E-state index contributed by atoms with van der Waals surface area (Å²) in [5.74, 6) is 0.180. The van der Waals surface area contributed by atoms with Gasteiger partial charge in [-0.2, -0.15) is 9.82 Å². The number of aryl methyl sites for hydroxylation is 2. The Kier molecular flexibility index (Phi) is 11.1. The van der Waals surface area contributed by atoms with Crippen LogP contribution in [0, 0.1) is 18.8 Å². The smallest absolute Gasteiger partial charge is 0.241 e. The molecule has 41 heavy (non-hydrogen) atoms. The normalized spacial score (nSPS) is 12.8. The van der Waals surface area contributed by atoms with Crippen LogP contribution in [0.5, 0.6) is 0 Å². The van der Waals surface area contributed by atoms with Crippen molar-refractivity contribution in [1.29, 1.82) is 0 Å². The van der Waals surface area contributed by atoms with Crippen molar-refractivity contribution in [2.45, 2.75) is 78.3 Å². The molecule has 3 aromatic rings. The van der Waals surface area contributed by atoms with E-state index in [1.54, 1.807) is 32.7 Å². The van der Waals surface area contributed by atoms with E-state index in [0.717, 1.165) is 11.4 Å². The Hall–Kier alpha value is -3.18. The van der Waals surface area contributed by atoms with Crippen molar-refractivity contribution in [3.05, 3.63) is 48.0 Å².